The van der Waals surface area contributed by atoms with Crippen molar-refractivity contribution in [2.45, 2.75) is 51.1 Å². The van der Waals surface area contributed by atoms with Gasteiger partial charge in [-0.15, -0.1) is 0 Å². The van der Waals surface area contributed by atoms with Gasteiger partial charge in [-0.1, -0.05) is 12.1 Å². The van der Waals surface area contributed by atoms with Crippen LogP contribution in [0.15, 0.2) is 30.5 Å². The molecule has 1 aliphatic carbocycles. The van der Waals surface area contributed by atoms with E-state index in [4.69, 9.17) is 0 Å². The predicted octanol–water partition coefficient (Wildman–Crippen LogP) is 2.90. The molecule has 1 unspecified atom stereocenters. The second-order valence-corrected chi connectivity index (χ2v) is 9.24. The number of nitrogens with zero attached hydrogens (tertiary/aromatic N) is 2. The molecule has 1 atom stereocenters. The minimum absolute atomic E-state index is 0.0651. The molecule has 0 radical (unpaired) electrons. The van der Waals surface area contributed by atoms with Crippen LogP contribution >= 0.6 is 0 Å². The molecule has 1 aromatic carbocycles. The summed E-state index contributed by atoms with van der Waals surface area (Å²) in [4.78, 5) is 33.0. The maximum Gasteiger partial charge on any atom is 0.225 e. The normalized spacial score (nSPS) is 23.6. The van der Waals surface area contributed by atoms with E-state index in [1.807, 2.05) is 12.3 Å². The van der Waals surface area contributed by atoms with Gasteiger partial charge in [0, 0.05) is 55.2 Å². The Labute approximate surface area is 178 Å². The molecule has 0 spiro atoms. The van der Waals surface area contributed by atoms with Crippen molar-refractivity contribution in [2.24, 2.45) is 11.8 Å². The second kappa shape index (κ2) is 8.42. The van der Waals surface area contributed by atoms with Gasteiger partial charge in [-0.3, -0.25) is 14.5 Å². The van der Waals surface area contributed by atoms with Crippen LogP contribution in [-0.2, 0) is 16.1 Å². The maximum atomic E-state index is 12.9. The van der Waals surface area contributed by atoms with Crippen LogP contribution in [0.3, 0.4) is 0 Å². The van der Waals surface area contributed by atoms with Crippen molar-refractivity contribution in [1.82, 2.24) is 20.1 Å². The summed E-state index contributed by atoms with van der Waals surface area (Å²) in [5.41, 5.74) is 2.26. The summed E-state index contributed by atoms with van der Waals surface area (Å²) in [6.07, 6.45) is 8.24. The van der Waals surface area contributed by atoms with Crippen molar-refractivity contribution in [3.05, 3.63) is 36.0 Å². The van der Waals surface area contributed by atoms with Crippen LogP contribution in [0.5, 0.6) is 0 Å². The molecule has 3 fully saturated rings. The molecule has 2 N–H and O–H groups in total. The first-order valence-corrected chi connectivity index (χ1v) is 11.5. The fraction of sp³-hybridized carbons (Fsp3) is 0.583. The maximum absolute atomic E-state index is 12.9. The first-order valence-electron chi connectivity index (χ1n) is 11.5. The predicted molar refractivity (Wildman–Crippen MR) is 117 cm³/mol. The molecule has 3 heterocycles. The molecule has 160 valence electrons. The smallest absolute Gasteiger partial charge is 0.225 e. The second-order valence-electron chi connectivity index (χ2n) is 9.24. The SMILES string of the molecule is O=C(NCc1cccc2[nH]ccc12)C1CCCN(C2CCN(C(=O)C3CC3)CC2)C1. The standard InChI is InChI=1S/C24H32N4O2/c29-23(26-15-18-3-1-5-22-21(18)8-11-25-22)19-4-2-12-28(16-19)20-9-13-27(14-10-20)24(30)17-6-7-17/h1,3,5,8,11,17,19-20,25H,2,4,6-7,9-10,12-16H2,(H,26,29). The number of nitrogens with one attached hydrogen (secondary N) is 2. The molecule has 2 aromatic rings. The largest absolute Gasteiger partial charge is 0.361 e. The van der Waals surface area contributed by atoms with Gasteiger partial charge in [0.1, 0.15) is 0 Å². The number of amides is 2. The number of rotatable bonds is 5. The zero-order valence-corrected chi connectivity index (χ0v) is 17.6. The third kappa shape index (κ3) is 4.10. The molecule has 30 heavy (non-hydrogen) atoms. The lowest BCUT2D eigenvalue weighted by Gasteiger charge is -2.42. The first kappa shape index (κ1) is 19.6. The summed E-state index contributed by atoms with van der Waals surface area (Å²) in [5, 5.41) is 4.36. The summed E-state index contributed by atoms with van der Waals surface area (Å²) in [7, 11) is 0. The van der Waals surface area contributed by atoms with Gasteiger partial charge in [0.15, 0.2) is 0 Å². The Bertz CT molecular complexity index is 911. The van der Waals surface area contributed by atoms with Crippen molar-refractivity contribution in [1.29, 1.82) is 0 Å². The van der Waals surface area contributed by atoms with Gasteiger partial charge >= 0.3 is 0 Å². The number of benzene rings is 1. The highest BCUT2D eigenvalue weighted by Gasteiger charge is 2.37. The number of piperidine rings is 2. The molecule has 1 aromatic heterocycles. The fourth-order valence-corrected chi connectivity index (χ4v) is 5.22. The average molecular weight is 409 g/mol. The summed E-state index contributed by atoms with van der Waals surface area (Å²) in [6, 6.07) is 8.75. The topological polar surface area (TPSA) is 68.4 Å². The number of aromatic amines is 1. The van der Waals surface area contributed by atoms with Crippen molar-refractivity contribution in [2.75, 3.05) is 26.2 Å². The summed E-state index contributed by atoms with van der Waals surface area (Å²) in [6.45, 7) is 4.27. The zero-order valence-electron chi connectivity index (χ0n) is 17.6. The van der Waals surface area contributed by atoms with Gasteiger partial charge in [0.05, 0.1) is 5.92 Å². The van der Waals surface area contributed by atoms with E-state index in [1.165, 1.54) is 5.39 Å². The highest BCUT2D eigenvalue weighted by Crippen LogP contribution is 2.32. The van der Waals surface area contributed by atoms with Crippen LogP contribution in [0, 0.1) is 11.8 Å². The number of hydrogen-bond acceptors (Lipinski definition) is 3. The van der Waals surface area contributed by atoms with Crippen molar-refractivity contribution < 1.29 is 9.59 Å². The molecule has 6 heteroatoms. The van der Waals surface area contributed by atoms with E-state index in [1.54, 1.807) is 0 Å². The van der Waals surface area contributed by atoms with E-state index in [2.05, 4.69) is 38.3 Å². The van der Waals surface area contributed by atoms with Crippen LogP contribution in [0.4, 0.5) is 0 Å². The molecule has 1 saturated carbocycles. The van der Waals surface area contributed by atoms with Gasteiger partial charge in [0.25, 0.3) is 0 Å². The van der Waals surface area contributed by atoms with Crippen LogP contribution in [-0.4, -0.2) is 58.8 Å². The third-order valence-electron chi connectivity index (χ3n) is 7.18. The van der Waals surface area contributed by atoms with Crippen LogP contribution in [0.1, 0.15) is 44.1 Å². The number of hydrogen-bond donors (Lipinski definition) is 2. The Morgan fingerprint density at radius 1 is 1.00 bits per heavy atom. The minimum Gasteiger partial charge on any atom is -0.361 e. The summed E-state index contributed by atoms with van der Waals surface area (Å²) in [5.74, 6) is 0.937. The molecular weight excluding hydrogens is 376 g/mol. The molecule has 2 amide bonds. The van der Waals surface area contributed by atoms with Gasteiger partial charge in [0.2, 0.25) is 11.8 Å². The highest BCUT2D eigenvalue weighted by atomic mass is 16.2. The Hall–Kier alpha value is -2.34. The van der Waals surface area contributed by atoms with Crippen LogP contribution in [0.25, 0.3) is 10.9 Å². The van der Waals surface area contributed by atoms with E-state index in [9.17, 15) is 9.59 Å². The third-order valence-corrected chi connectivity index (χ3v) is 7.18. The lowest BCUT2D eigenvalue weighted by Crippen LogP contribution is -2.51. The van der Waals surface area contributed by atoms with Gasteiger partial charge in [-0.05, 0) is 62.8 Å². The van der Waals surface area contributed by atoms with E-state index in [-0.39, 0.29) is 11.8 Å². The summed E-state index contributed by atoms with van der Waals surface area (Å²) < 4.78 is 0. The Kier molecular flexibility index (Phi) is 5.50. The Balaban J connectivity index is 1.13. The number of likely N-dealkylation sites (tertiary alicyclic amines) is 2. The zero-order chi connectivity index (χ0) is 20.5. The molecule has 0 bridgehead atoms. The van der Waals surface area contributed by atoms with E-state index in [0.717, 1.165) is 75.8 Å². The summed E-state index contributed by atoms with van der Waals surface area (Å²) >= 11 is 0. The Morgan fingerprint density at radius 3 is 2.63 bits per heavy atom. The molecule has 2 aliphatic heterocycles. The molecular formula is C24H32N4O2. The van der Waals surface area contributed by atoms with E-state index < -0.39 is 0 Å². The fourth-order valence-electron chi connectivity index (χ4n) is 5.22. The first-order chi connectivity index (χ1) is 14.7. The number of carbonyl (C=O) groups is 2. The minimum atomic E-state index is 0.0651. The van der Waals surface area contributed by atoms with Crippen molar-refractivity contribution in [3.8, 4) is 0 Å². The van der Waals surface area contributed by atoms with E-state index >= 15 is 0 Å². The quantitative estimate of drug-likeness (QED) is 0.799. The van der Waals surface area contributed by atoms with Crippen LogP contribution < -0.4 is 5.32 Å². The highest BCUT2D eigenvalue weighted by molar-refractivity contribution is 5.84. The number of H-pyrrole nitrogens is 1. The van der Waals surface area contributed by atoms with Crippen molar-refractivity contribution >= 4 is 22.7 Å². The lowest BCUT2D eigenvalue weighted by molar-refractivity contribution is -0.134. The molecule has 5 rings (SSSR count). The molecule has 2 saturated heterocycles. The van der Waals surface area contributed by atoms with Crippen LogP contribution in [0.2, 0.25) is 0 Å². The number of carbonyl (C=O) groups excluding carboxylic acids is 2. The van der Waals surface area contributed by atoms with E-state index in [0.29, 0.717) is 24.4 Å². The molecule has 3 aliphatic rings. The molecule has 6 nitrogen and oxygen atoms in total. The lowest BCUT2D eigenvalue weighted by atomic mass is 9.93. The number of fused-ring (bicyclic) bond motifs is 1. The monoisotopic (exact) mass is 408 g/mol. The number of aromatic nitrogens is 1. The average Bonchev–Trinajstić information content (AvgIpc) is 3.53. The van der Waals surface area contributed by atoms with Gasteiger partial charge in [-0.25, -0.2) is 0 Å². The van der Waals surface area contributed by atoms with Crippen molar-refractivity contribution in [3.63, 3.8) is 0 Å². The Morgan fingerprint density at radius 2 is 1.83 bits per heavy atom. The van der Waals surface area contributed by atoms with Gasteiger partial charge in [-0.2, -0.15) is 0 Å². The van der Waals surface area contributed by atoms with Gasteiger partial charge < -0.3 is 15.2 Å².